The molecule has 1 fully saturated rings. The van der Waals surface area contributed by atoms with Gasteiger partial charge in [0.2, 0.25) is 6.19 Å². The number of fused-ring (bicyclic) bond motifs is 6. The van der Waals surface area contributed by atoms with E-state index in [-0.39, 0.29) is 5.71 Å². The molecule has 1 heterocycles. The summed E-state index contributed by atoms with van der Waals surface area (Å²) < 4.78 is 80.7. The van der Waals surface area contributed by atoms with Gasteiger partial charge in [0.15, 0.2) is 0 Å². The van der Waals surface area contributed by atoms with Crippen molar-refractivity contribution in [3.8, 4) is 51.0 Å². The fourth-order valence-corrected chi connectivity index (χ4v) is 6.53. The average Bonchev–Trinajstić information content (AvgIpc) is 3.58. The molecule has 4 nitrogen and oxygen atoms in total. The molecule has 10 heteroatoms. The second-order valence-corrected chi connectivity index (χ2v) is 11.9. The summed E-state index contributed by atoms with van der Waals surface area (Å²) in [6.45, 7) is 2.10. The van der Waals surface area contributed by atoms with Crippen LogP contribution in [0.3, 0.4) is 0 Å². The van der Waals surface area contributed by atoms with Crippen molar-refractivity contribution in [2.75, 3.05) is 0 Å². The van der Waals surface area contributed by atoms with Crippen LogP contribution in [0.2, 0.25) is 0 Å². The van der Waals surface area contributed by atoms with Crippen LogP contribution >= 0.6 is 0 Å². The molecule has 0 aliphatic heterocycles. The maximum absolute atomic E-state index is 13.5. The van der Waals surface area contributed by atoms with Gasteiger partial charge in [-0.3, -0.25) is 0 Å². The molecule has 8 rings (SSSR count). The number of aliphatic imine (C=N–C) groups is 1. The number of halogens is 6. The molecule has 5 aromatic rings. The highest BCUT2D eigenvalue weighted by molar-refractivity contribution is 6.24. The summed E-state index contributed by atoms with van der Waals surface area (Å²) in [5, 5.41) is 9.61. The van der Waals surface area contributed by atoms with Gasteiger partial charge in [0.1, 0.15) is 11.4 Å². The summed E-state index contributed by atoms with van der Waals surface area (Å²) >= 11 is 0. The van der Waals surface area contributed by atoms with Gasteiger partial charge in [-0.05, 0) is 76.6 Å². The molecule has 1 unspecified atom stereocenters. The summed E-state index contributed by atoms with van der Waals surface area (Å²) in [6, 6.07) is 20.9. The monoisotopic (exact) mass is 634 g/mol. The third-order valence-corrected chi connectivity index (χ3v) is 8.92. The highest BCUT2D eigenvalue weighted by Crippen LogP contribution is 2.54. The number of alkyl halides is 6. The Hall–Kier alpha value is -5.56. The quantitative estimate of drug-likeness (QED) is 0.141. The van der Waals surface area contributed by atoms with Crippen molar-refractivity contribution >= 4 is 11.3 Å². The van der Waals surface area contributed by atoms with Crippen LogP contribution in [0.15, 0.2) is 95.5 Å². The van der Waals surface area contributed by atoms with E-state index in [1.54, 1.807) is 36.4 Å². The summed E-state index contributed by atoms with van der Waals surface area (Å²) in [7, 11) is 0. The van der Waals surface area contributed by atoms with Crippen molar-refractivity contribution in [1.29, 1.82) is 5.26 Å². The van der Waals surface area contributed by atoms with E-state index in [1.165, 1.54) is 17.7 Å². The number of allylic oxidation sites excluding steroid dienone is 1. The average molecular weight is 635 g/mol. The van der Waals surface area contributed by atoms with Crippen LogP contribution in [0.25, 0.3) is 50.3 Å². The molecule has 3 aliphatic carbocycles. The first-order valence-corrected chi connectivity index (χ1v) is 14.7. The molecule has 1 aromatic heterocycles. The number of nitrogens with zero attached hydrogens (tertiary/aromatic N) is 4. The van der Waals surface area contributed by atoms with Gasteiger partial charge in [0.25, 0.3) is 0 Å². The Bertz CT molecular complexity index is 2290. The van der Waals surface area contributed by atoms with Crippen molar-refractivity contribution in [2.45, 2.75) is 25.7 Å². The normalized spacial score (nSPS) is 18.4. The van der Waals surface area contributed by atoms with E-state index < -0.39 is 23.5 Å². The Morgan fingerprint density at radius 2 is 1.13 bits per heavy atom. The number of nitriles is 1. The number of hydrogen-bond acceptors (Lipinski definition) is 4. The molecule has 0 bridgehead atoms. The maximum Gasteiger partial charge on any atom is 0.416 e. The van der Waals surface area contributed by atoms with Crippen LogP contribution < -0.4 is 0 Å². The summed E-state index contributed by atoms with van der Waals surface area (Å²) in [5.74, 6) is 0.300. The SMILES string of the molecule is CC1C/C1=C1\c2cc(-c3cccc(C(F)(F)F)c3)ccc2-c2nc3c(nc21)-c1ccc(-c2cccc(C(F)(F)F)c2)cc1C3=NC#N. The van der Waals surface area contributed by atoms with Gasteiger partial charge in [-0.25, -0.2) is 9.97 Å². The second-order valence-electron chi connectivity index (χ2n) is 11.9. The lowest BCUT2D eigenvalue weighted by Gasteiger charge is -2.10. The van der Waals surface area contributed by atoms with Crippen LogP contribution in [0.5, 0.6) is 0 Å². The molecule has 0 saturated heterocycles. The van der Waals surface area contributed by atoms with Crippen molar-refractivity contribution in [3.05, 3.63) is 124 Å². The number of hydrogen-bond donors (Lipinski definition) is 0. The van der Waals surface area contributed by atoms with Gasteiger partial charge in [0.05, 0.1) is 28.2 Å². The van der Waals surface area contributed by atoms with Gasteiger partial charge >= 0.3 is 12.4 Å². The van der Waals surface area contributed by atoms with Crippen LogP contribution in [0.4, 0.5) is 26.3 Å². The standard InChI is InChI=1S/C37H20F6N4/c1-18-12-27(18)30-28-15-21(19-4-2-6-23(13-19)36(38,39)40)8-10-25(28)32-34(30)46-33-26-11-9-22(16-29(26)31(45-17-44)35(33)47-32)20-5-3-7-24(14-20)37(41,42)43/h2-11,13-16,18H,12H2,1H3/b30-27-,45-31?. The van der Waals surface area contributed by atoms with E-state index in [2.05, 4.69) is 11.9 Å². The molecule has 0 amide bonds. The molecule has 4 aromatic carbocycles. The van der Waals surface area contributed by atoms with Crippen LogP contribution in [-0.2, 0) is 12.4 Å². The molecule has 230 valence electrons. The van der Waals surface area contributed by atoms with Crippen molar-refractivity contribution in [1.82, 2.24) is 9.97 Å². The van der Waals surface area contributed by atoms with Crippen LogP contribution in [0.1, 0.15) is 47.0 Å². The second kappa shape index (κ2) is 9.97. The predicted octanol–water partition coefficient (Wildman–Crippen LogP) is 9.97. The maximum atomic E-state index is 13.5. The first-order chi connectivity index (χ1) is 22.4. The Kier molecular flexibility index (Phi) is 6.13. The van der Waals surface area contributed by atoms with Gasteiger partial charge in [0, 0.05) is 22.3 Å². The van der Waals surface area contributed by atoms with Gasteiger partial charge in [-0.15, -0.1) is 0 Å². The largest absolute Gasteiger partial charge is 0.416 e. The smallest absolute Gasteiger partial charge is 0.243 e. The third-order valence-electron chi connectivity index (χ3n) is 8.92. The zero-order valence-corrected chi connectivity index (χ0v) is 24.4. The van der Waals surface area contributed by atoms with Gasteiger partial charge in [-0.1, -0.05) is 61.0 Å². The van der Waals surface area contributed by atoms with Crippen molar-refractivity contribution < 1.29 is 26.3 Å². The summed E-state index contributed by atoms with van der Waals surface area (Å²) in [4.78, 5) is 14.2. The molecular weight excluding hydrogens is 614 g/mol. The lowest BCUT2D eigenvalue weighted by atomic mass is 9.96. The highest BCUT2D eigenvalue weighted by atomic mass is 19.4. The minimum absolute atomic E-state index is 0.268. The molecule has 47 heavy (non-hydrogen) atoms. The van der Waals surface area contributed by atoms with E-state index in [9.17, 15) is 31.6 Å². The lowest BCUT2D eigenvalue weighted by molar-refractivity contribution is -0.138. The Morgan fingerprint density at radius 1 is 0.638 bits per heavy atom. The predicted molar refractivity (Wildman–Crippen MR) is 165 cm³/mol. The fourth-order valence-electron chi connectivity index (χ4n) is 6.53. The third kappa shape index (κ3) is 4.64. The van der Waals surface area contributed by atoms with Crippen LogP contribution in [0, 0.1) is 17.4 Å². The van der Waals surface area contributed by atoms with Crippen molar-refractivity contribution in [3.63, 3.8) is 0 Å². The number of benzene rings is 4. The minimum Gasteiger partial charge on any atom is -0.243 e. The van der Waals surface area contributed by atoms with Gasteiger partial charge in [-0.2, -0.15) is 36.6 Å². The van der Waals surface area contributed by atoms with Crippen LogP contribution in [-0.4, -0.2) is 15.7 Å². The molecular formula is C37H20F6N4. The van der Waals surface area contributed by atoms with Crippen molar-refractivity contribution in [2.24, 2.45) is 10.9 Å². The Balaban J connectivity index is 1.26. The zero-order chi connectivity index (χ0) is 32.8. The first-order valence-electron chi connectivity index (χ1n) is 14.7. The summed E-state index contributed by atoms with van der Waals surface area (Å²) in [6.07, 6.45) is -6.29. The van der Waals surface area contributed by atoms with Gasteiger partial charge < -0.3 is 0 Å². The van der Waals surface area contributed by atoms with E-state index in [0.29, 0.717) is 62.1 Å². The van der Waals surface area contributed by atoms with E-state index in [4.69, 9.17) is 9.97 Å². The van der Waals surface area contributed by atoms with E-state index in [1.807, 2.05) is 18.3 Å². The highest BCUT2D eigenvalue weighted by Gasteiger charge is 2.40. The minimum atomic E-state index is -4.50. The molecule has 0 spiro atoms. The molecule has 3 aliphatic rings. The molecule has 1 saturated carbocycles. The molecule has 1 atom stereocenters. The fraction of sp³-hybridized carbons (Fsp3) is 0.135. The topological polar surface area (TPSA) is 61.9 Å². The lowest BCUT2D eigenvalue weighted by Crippen LogP contribution is -2.05. The Morgan fingerprint density at radius 3 is 1.66 bits per heavy atom. The zero-order valence-electron chi connectivity index (χ0n) is 24.4. The van der Waals surface area contributed by atoms with E-state index in [0.717, 1.165) is 47.4 Å². The molecule has 0 N–H and O–H groups in total. The molecule has 0 radical (unpaired) electrons. The number of aromatic nitrogens is 2. The summed E-state index contributed by atoms with van der Waals surface area (Å²) in [5.41, 5.74) is 7.66. The van der Waals surface area contributed by atoms with E-state index >= 15 is 0 Å². The number of rotatable bonds is 2. The first kappa shape index (κ1) is 28.9. The Labute approximate surface area is 264 Å².